The van der Waals surface area contributed by atoms with E-state index in [-0.39, 0.29) is 29.7 Å². The number of alkyl halides is 3. The van der Waals surface area contributed by atoms with E-state index in [9.17, 15) is 26.7 Å². The Morgan fingerprint density at radius 3 is 2.58 bits per heavy atom. The van der Waals surface area contributed by atoms with Gasteiger partial charge in [0.05, 0.1) is 18.2 Å². The molecule has 2 bridgehead atoms. The molecule has 2 aromatic heterocycles. The lowest BCUT2D eigenvalue weighted by Crippen LogP contribution is -2.61. The molecule has 0 unspecified atom stereocenters. The molecule has 5 heterocycles. The van der Waals surface area contributed by atoms with Crippen molar-refractivity contribution in [2.45, 2.75) is 36.2 Å². The molecule has 0 amide bonds. The van der Waals surface area contributed by atoms with Gasteiger partial charge >= 0.3 is 11.9 Å². The van der Waals surface area contributed by atoms with Crippen LogP contribution in [0.4, 0.5) is 27.8 Å². The summed E-state index contributed by atoms with van der Waals surface area (Å²) in [6.07, 6.45) is -3.05. The molecule has 6 rings (SSSR count). The molecule has 3 aromatic rings. The van der Waals surface area contributed by atoms with E-state index >= 15 is 0 Å². The number of aromatic nitrogens is 3. The number of ether oxygens (including phenoxy) is 3. The highest BCUT2D eigenvalue weighted by Gasteiger charge is 2.65. The van der Waals surface area contributed by atoms with Crippen LogP contribution in [-0.4, -0.2) is 55.0 Å². The van der Waals surface area contributed by atoms with E-state index in [4.69, 9.17) is 14.2 Å². The molecule has 38 heavy (non-hydrogen) atoms. The van der Waals surface area contributed by atoms with Crippen molar-refractivity contribution in [1.29, 1.82) is 0 Å². The highest BCUT2D eigenvalue weighted by Crippen LogP contribution is 2.53. The van der Waals surface area contributed by atoms with Gasteiger partial charge in [-0.2, -0.15) is 18.2 Å². The predicted molar refractivity (Wildman–Crippen MR) is 128 cm³/mol. The van der Waals surface area contributed by atoms with E-state index in [2.05, 4.69) is 14.9 Å². The Bertz CT molecular complexity index is 1490. The van der Waals surface area contributed by atoms with Gasteiger partial charge in [-0.25, -0.2) is 13.6 Å². The summed E-state index contributed by atoms with van der Waals surface area (Å²) in [4.78, 5) is 22.3. The number of hydrogen-bond donors (Lipinski definition) is 0. The first-order valence-corrected chi connectivity index (χ1v) is 11.7. The van der Waals surface area contributed by atoms with Gasteiger partial charge in [-0.1, -0.05) is 0 Å². The zero-order chi connectivity index (χ0) is 27.0. The number of morpholine rings is 1. The Morgan fingerprint density at radius 1 is 1.16 bits per heavy atom. The zero-order valence-corrected chi connectivity index (χ0v) is 20.2. The SMILES string of the molecule is BC1(B)n2c(cc(OCc3cc(F)c(Oc4ccnc(C(F)(F)F)c4)c(F)c3)nc2=O)N2C[C@@H]3C[C@@]21CO3. The van der Waals surface area contributed by atoms with Gasteiger partial charge in [-0.15, -0.1) is 0 Å². The highest BCUT2D eigenvalue weighted by molar-refractivity contribution is 6.40. The first kappa shape index (κ1) is 24.7. The monoisotopic (exact) mass is 532 g/mol. The van der Waals surface area contributed by atoms with Gasteiger partial charge in [-0.05, 0) is 23.8 Å². The topological polar surface area (TPSA) is 78.7 Å². The second kappa shape index (κ2) is 8.19. The fourth-order valence-corrected chi connectivity index (χ4v) is 5.66. The average molecular weight is 532 g/mol. The van der Waals surface area contributed by atoms with E-state index in [1.165, 1.54) is 0 Å². The van der Waals surface area contributed by atoms with Crippen LogP contribution in [0.5, 0.6) is 17.4 Å². The van der Waals surface area contributed by atoms with Crippen molar-refractivity contribution in [3.8, 4) is 17.4 Å². The van der Waals surface area contributed by atoms with Crippen LogP contribution in [-0.2, 0) is 22.9 Å². The molecule has 1 spiro atoms. The van der Waals surface area contributed by atoms with Gasteiger partial charge in [0.25, 0.3) is 0 Å². The number of rotatable bonds is 5. The van der Waals surface area contributed by atoms with Crippen molar-refractivity contribution in [2.75, 3.05) is 18.1 Å². The Balaban J connectivity index is 1.22. The molecule has 0 aliphatic carbocycles. The molecule has 0 radical (unpaired) electrons. The van der Waals surface area contributed by atoms with Gasteiger partial charge in [-0.3, -0.25) is 9.55 Å². The minimum Gasteiger partial charge on any atom is -0.473 e. The van der Waals surface area contributed by atoms with Crippen molar-refractivity contribution in [1.82, 2.24) is 14.5 Å². The van der Waals surface area contributed by atoms with E-state index in [0.717, 1.165) is 30.8 Å². The minimum absolute atomic E-state index is 0.00426. The maximum Gasteiger partial charge on any atom is 0.433 e. The average Bonchev–Trinajstić information content (AvgIpc) is 3.49. The van der Waals surface area contributed by atoms with Crippen LogP contribution >= 0.6 is 0 Å². The number of fused-ring (bicyclic) bond motifs is 3. The van der Waals surface area contributed by atoms with Gasteiger partial charge in [0.1, 0.15) is 39.6 Å². The van der Waals surface area contributed by atoms with Crippen LogP contribution in [0.2, 0.25) is 0 Å². The first-order chi connectivity index (χ1) is 17.9. The van der Waals surface area contributed by atoms with Crippen molar-refractivity contribution in [2.24, 2.45) is 0 Å². The molecule has 0 N–H and O–H groups in total. The van der Waals surface area contributed by atoms with E-state index < -0.39 is 46.0 Å². The summed E-state index contributed by atoms with van der Waals surface area (Å²) in [6, 6.07) is 5.08. The van der Waals surface area contributed by atoms with Crippen LogP contribution in [0.25, 0.3) is 0 Å². The lowest BCUT2D eigenvalue weighted by molar-refractivity contribution is -0.141. The number of anilines is 1. The van der Waals surface area contributed by atoms with Gasteiger partial charge in [0, 0.05) is 36.6 Å². The van der Waals surface area contributed by atoms with Crippen molar-refractivity contribution < 1.29 is 36.2 Å². The van der Waals surface area contributed by atoms with Crippen LogP contribution in [0, 0.1) is 11.6 Å². The van der Waals surface area contributed by atoms with Crippen LogP contribution in [0.3, 0.4) is 0 Å². The lowest BCUT2D eigenvalue weighted by Gasteiger charge is -2.41. The minimum atomic E-state index is -4.75. The molecule has 2 fully saturated rings. The van der Waals surface area contributed by atoms with E-state index in [1.54, 1.807) is 10.6 Å². The Hall–Kier alpha value is -3.61. The maximum absolute atomic E-state index is 14.7. The van der Waals surface area contributed by atoms with E-state index in [0.29, 0.717) is 25.0 Å². The van der Waals surface area contributed by atoms with Crippen LogP contribution in [0.1, 0.15) is 17.7 Å². The van der Waals surface area contributed by atoms with Crippen molar-refractivity contribution in [3.63, 3.8) is 0 Å². The third-order valence-corrected chi connectivity index (χ3v) is 7.57. The standard InChI is InChI=1S/C23H19B2F5N4O4/c24-23(25)21-7-13(37-10-21)8-33(21)18-6-17(32-20(35)34(18)23)36-9-11-3-14(26)19(15(27)4-11)38-12-1-2-31-16(5-12)22(28,29)30/h1-6,13H,7-10,24-25H2/t13-,21-/m0/s1. The molecule has 2 saturated heterocycles. The summed E-state index contributed by atoms with van der Waals surface area (Å²) < 4.78 is 86.1. The Kier molecular flexibility index (Phi) is 5.33. The summed E-state index contributed by atoms with van der Waals surface area (Å²) in [6.45, 7) is 0.801. The normalized spacial score (nSPS) is 22.9. The second-order valence-corrected chi connectivity index (χ2v) is 10.1. The van der Waals surface area contributed by atoms with Gasteiger partial charge < -0.3 is 19.1 Å². The molecule has 0 saturated carbocycles. The molecule has 15 heteroatoms. The highest BCUT2D eigenvalue weighted by atomic mass is 19.4. The summed E-state index contributed by atoms with van der Waals surface area (Å²) in [5.74, 6) is -2.96. The molecular formula is C23H19B2F5N4O4. The number of pyridine rings is 1. The fraction of sp³-hybridized carbons (Fsp3) is 0.348. The molecule has 8 nitrogen and oxygen atoms in total. The summed E-state index contributed by atoms with van der Waals surface area (Å²) >= 11 is 0. The van der Waals surface area contributed by atoms with Crippen molar-refractivity contribution >= 4 is 21.5 Å². The largest absolute Gasteiger partial charge is 0.473 e. The maximum atomic E-state index is 14.7. The summed E-state index contributed by atoms with van der Waals surface area (Å²) in [7, 11) is 3.95. The molecule has 196 valence electrons. The smallest absolute Gasteiger partial charge is 0.433 e. The first-order valence-electron chi connectivity index (χ1n) is 11.7. The van der Waals surface area contributed by atoms with Crippen LogP contribution < -0.4 is 20.1 Å². The van der Waals surface area contributed by atoms with Crippen LogP contribution in [0.15, 0.2) is 41.3 Å². The zero-order valence-electron chi connectivity index (χ0n) is 20.2. The number of halogens is 5. The van der Waals surface area contributed by atoms with Gasteiger partial charge in [0.2, 0.25) is 5.88 Å². The Morgan fingerprint density at radius 2 is 1.89 bits per heavy atom. The summed E-state index contributed by atoms with van der Waals surface area (Å²) in [5, 5.41) is -0.562. The third kappa shape index (κ3) is 3.66. The van der Waals surface area contributed by atoms with Crippen molar-refractivity contribution in [3.05, 3.63) is 69.9 Å². The third-order valence-electron chi connectivity index (χ3n) is 7.57. The fourth-order valence-electron chi connectivity index (χ4n) is 5.66. The number of benzene rings is 1. The molecular weight excluding hydrogens is 513 g/mol. The predicted octanol–water partition coefficient (Wildman–Crippen LogP) is 1.54. The second-order valence-electron chi connectivity index (χ2n) is 10.1. The number of hydrogen-bond acceptors (Lipinski definition) is 7. The van der Waals surface area contributed by atoms with E-state index in [1.807, 2.05) is 15.7 Å². The molecule has 3 aliphatic heterocycles. The number of nitrogens with zero attached hydrogens (tertiary/aromatic N) is 4. The molecule has 2 atom stereocenters. The lowest BCUT2D eigenvalue weighted by atomic mass is 9.51. The summed E-state index contributed by atoms with van der Waals surface area (Å²) in [5.41, 5.74) is -2.07. The Labute approximate surface area is 214 Å². The van der Waals surface area contributed by atoms with Gasteiger partial charge in [0.15, 0.2) is 17.4 Å². The quantitative estimate of drug-likeness (QED) is 0.365. The molecule has 3 aliphatic rings. The molecule has 1 aromatic carbocycles.